The number of halogens is 1. The Labute approximate surface area is 191 Å². The van der Waals surface area contributed by atoms with Crippen molar-refractivity contribution in [2.75, 3.05) is 24.5 Å². The number of guanidine groups is 1. The van der Waals surface area contributed by atoms with Gasteiger partial charge in [-0.05, 0) is 44.7 Å². The van der Waals surface area contributed by atoms with Crippen molar-refractivity contribution in [3.8, 4) is 0 Å². The van der Waals surface area contributed by atoms with E-state index in [2.05, 4.69) is 72.7 Å². The number of piperidine rings is 1. The molecule has 1 saturated heterocycles. The molecule has 1 aliphatic rings. The minimum Gasteiger partial charge on any atom is -0.369 e. The second-order valence-electron chi connectivity index (χ2n) is 7.83. The van der Waals surface area contributed by atoms with Crippen molar-refractivity contribution in [1.82, 2.24) is 15.8 Å². The molecule has 0 spiro atoms. The van der Waals surface area contributed by atoms with Crippen molar-refractivity contribution in [1.29, 1.82) is 0 Å². The fraction of sp³-hybridized carbons (Fsp3) is 0.545. The van der Waals surface area contributed by atoms with Crippen LogP contribution < -0.4 is 15.5 Å². The zero-order valence-electron chi connectivity index (χ0n) is 17.9. The van der Waals surface area contributed by atoms with Crippen LogP contribution in [0.4, 0.5) is 5.69 Å². The molecule has 29 heavy (non-hydrogen) atoms. The van der Waals surface area contributed by atoms with E-state index in [1.807, 2.05) is 6.07 Å². The first kappa shape index (κ1) is 23.5. The van der Waals surface area contributed by atoms with E-state index in [0.717, 1.165) is 43.5 Å². The van der Waals surface area contributed by atoms with E-state index in [-0.39, 0.29) is 24.0 Å². The van der Waals surface area contributed by atoms with Crippen LogP contribution in [0.15, 0.2) is 39.8 Å². The van der Waals surface area contributed by atoms with Crippen LogP contribution in [0.5, 0.6) is 0 Å². The molecule has 7 heteroatoms. The molecule has 0 bridgehead atoms. The molecule has 0 radical (unpaired) electrons. The van der Waals surface area contributed by atoms with E-state index >= 15 is 0 Å². The van der Waals surface area contributed by atoms with Gasteiger partial charge in [-0.3, -0.25) is 0 Å². The topological polar surface area (TPSA) is 65.7 Å². The molecule has 1 atom stereocenters. The summed E-state index contributed by atoms with van der Waals surface area (Å²) in [4.78, 5) is 7.16. The molecule has 1 aromatic heterocycles. The van der Waals surface area contributed by atoms with E-state index in [0.29, 0.717) is 18.5 Å². The van der Waals surface area contributed by atoms with Crippen LogP contribution in [-0.4, -0.2) is 36.8 Å². The lowest BCUT2D eigenvalue weighted by atomic mass is 10.0. The summed E-state index contributed by atoms with van der Waals surface area (Å²) >= 11 is 0. The van der Waals surface area contributed by atoms with E-state index in [4.69, 9.17) is 9.52 Å². The summed E-state index contributed by atoms with van der Waals surface area (Å²) in [5.41, 5.74) is 3.57. The zero-order valence-corrected chi connectivity index (χ0v) is 20.3. The van der Waals surface area contributed by atoms with Gasteiger partial charge in [0.1, 0.15) is 6.54 Å². The van der Waals surface area contributed by atoms with E-state index in [1.165, 1.54) is 17.7 Å². The first-order valence-corrected chi connectivity index (χ1v) is 10.4. The highest BCUT2D eigenvalue weighted by molar-refractivity contribution is 14.0. The molecule has 0 amide bonds. The number of rotatable bonds is 6. The molecule has 1 aliphatic heterocycles. The van der Waals surface area contributed by atoms with Crippen LogP contribution in [0, 0.1) is 6.92 Å². The highest BCUT2D eigenvalue weighted by atomic mass is 127. The second kappa shape index (κ2) is 11.4. The van der Waals surface area contributed by atoms with Gasteiger partial charge in [0.05, 0.1) is 5.69 Å². The van der Waals surface area contributed by atoms with Crippen molar-refractivity contribution >= 4 is 35.6 Å². The molecule has 2 aromatic rings. The van der Waals surface area contributed by atoms with E-state index in [1.54, 1.807) is 0 Å². The van der Waals surface area contributed by atoms with Gasteiger partial charge in [-0.25, -0.2) is 4.99 Å². The largest absolute Gasteiger partial charge is 0.369 e. The average molecular weight is 511 g/mol. The maximum absolute atomic E-state index is 5.41. The predicted molar refractivity (Wildman–Crippen MR) is 130 cm³/mol. The molecule has 2 N–H and O–H groups in total. The molecular weight excluding hydrogens is 477 g/mol. The quantitative estimate of drug-likeness (QED) is 0.341. The van der Waals surface area contributed by atoms with Crippen molar-refractivity contribution in [2.24, 2.45) is 4.99 Å². The number of hydrogen-bond acceptors (Lipinski definition) is 4. The number of benzene rings is 1. The standard InChI is InChI=1S/C22H33N5O.HI/c1-5-23-22(24-14-20-13-21(16(2)3)26-28-20)25-18-7-6-12-27(15-18)19-10-8-17(4)9-11-19;/h8-11,13,16,18H,5-7,12,14-15H2,1-4H3,(H2,23,24,25);1H. The Kier molecular flexibility index (Phi) is 9.26. The van der Waals surface area contributed by atoms with Gasteiger partial charge in [-0.15, -0.1) is 24.0 Å². The summed E-state index contributed by atoms with van der Waals surface area (Å²) in [6, 6.07) is 11.2. The van der Waals surface area contributed by atoms with E-state index < -0.39 is 0 Å². The number of anilines is 1. The van der Waals surface area contributed by atoms with Crippen LogP contribution in [0.25, 0.3) is 0 Å². The zero-order chi connectivity index (χ0) is 19.9. The van der Waals surface area contributed by atoms with Gasteiger partial charge in [0.2, 0.25) is 0 Å². The van der Waals surface area contributed by atoms with Gasteiger partial charge in [0.25, 0.3) is 0 Å². The SMILES string of the molecule is CCNC(=NCc1cc(C(C)C)no1)NC1CCCN(c2ccc(C)cc2)C1.I. The molecule has 1 fully saturated rings. The van der Waals surface area contributed by atoms with Crippen molar-refractivity contribution in [3.05, 3.63) is 47.3 Å². The summed E-state index contributed by atoms with van der Waals surface area (Å²) in [5, 5.41) is 11.1. The van der Waals surface area contributed by atoms with Gasteiger partial charge in [-0.2, -0.15) is 0 Å². The number of aryl methyl sites for hydroxylation is 1. The fourth-order valence-electron chi connectivity index (χ4n) is 3.43. The molecule has 1 aromatic carbocycles. The maximum atomic E-state index is 5.41. The van der Waals surface area contributed by atoms with Gasteiger partial charge in [-0.1, -0.05) is 36.7 Å². The summed E-state index contributed by atoms with van der Waals surface area (Å²) in [6.45, 7) is 11.8. The Bertz CT molecular complexity index is 772. The van der Waals surface area contributed by atoms with Crippen LogP contribution in [-0.2, 0) is 6.54 Å². The Hall–Kier alpha value is -1.77. The molecule has 6 nitrogen and oxygen atoms in total. The molecule has 0 saturated carbocycles. The summed E-state index contributed by atoms with van der Waals surface area (Å²) in [6.07, 6.45) is 2.32. The van der Waals surface area contributed by atoms with Crippen molar-refractivity contribution < 1.29 is 4.52 Å². The first-order chi connectivity index (χ1) is 13.5. The number of aromatic nitrogens is 1. The lowest BCUT2D eigenvalue weighted by Gasteiger charge is -2.35. The third-order valence-electron chi connectivity index (χ3n) is 5.07. The van der Waals surface area contributed by atoms with Crippen LogP contribution >= 0.6 is 24.0 Å². The smallest absolute Gasteiger partial charge is 0.191 e. The van der Waals surface area contributed by atoms with Gasteiger partial charge < -0.3 is 20.1 Å². The highest BCUT2D eigenvalue weighted by Gasteiger charge is 2.21. The van der Waals surface area contributed by atoms with Crippen molar-refractivity contribution in [2.45, 2.75) is 59.0 Å². The number of hydrogen-bond donors (Lipinski definition) is 2. The normalized spacial score (nSPS) is 17.2. The Balaban J connectivity index is 0.00000300. The molecule has 3 rings (SSSR count). The Morgan fingerprint density at radius 2 is 2.07 bits per heavy atom. The molecular formula is C22H34IN5O. The minimum atomic E-state index is 0. The van der Waals surface area contributed by atoms with Gasteiger partial charge in [0, 0.05) is 37.4 Å². The molecule has 160 valence electrons. The first-order valence-electron chi connectivity index (χ1n) is 10.4. The number of nitrogens with zero attached hydrogens (tertiary/aromatic N) is 3. The Morgan fingerprint density at radius 1 is 1.31 bits per heavy atom. The molecule has 2 heterocycles. The van der Waals surface area contributed by atoms with E-state index in [9.17, 15) is 0 Å². The minimum absolute atomic E-state index is 0. The van der Waals surface area contributed by atoms with Crippen LogP contribution in [0.3, 0.4) is 0 Å². The van der Waals surface area contributed by atoms with Gasteiger partial charge >= 0.3 is 0 Å². The number of aliphatic imine (C=N–C) groups is 1. The predicted octanol–water partition coefficient (Wildman–Crippen LogP) is 4.45. The monoisotopic (exact) mass is 511 g/mol. The third-order valence-corrected chi connectivity index (χ3v) is 5.07. The van der Waals surface area contributed by atoms with Crippen molar-refractivity contribution in [3.63, 3.8) is 0 Å². The average Bonchev–Trinajstić information content (AvgIpc) is 3.17. The fourth-order valence-corrected chi connectivity index (χ4v) is 3.43. The highest BCUT2D eigenvalue weighted by Crippen LogP contribution is 2.20. The summed E-state index contributed by atoms with van der Waals surface area (Å²) < 4.78 is 5.41. The second-order valence-corrected chi connectivity index (χ2v) is 7.83. The lowest BCUT2D eigenvalue weighted by Crippen LogP contribution is -2.51. The number of nitrogens with one attached hydrogen (secondary N) is 2. The Morgan fingerprint density at radius 3 is 2.72 bits per heavy atom. The molecule has 1 unspecified atom stereocenters. The van der Waals surface area contributed by atoms with Gasteiger partial charge in [0.15, 0.2) is 11.7 Å². The lowest BCUT2D eigenvalue weighted by molar-refractivity contribution is 0.376. The van der Waals surface area contributed by atoms with Crippen LogP contribution in [0.2, 0.25) is 0 Å². The molecule has 0 aliphatic carbocycles. The maximum Gasteiger partial charge on any atom is 0.191 e. The summed E-state index contributed by atoms with van der Waals surface area (Å²) in [7, 11) is 0. The van der Waals surface area contributed by atoms with Crippen LogP contribution in [0.1, 0.15) is 56.5 Å². The third kappa shape index (κ3) is 6.90. The summed E-state index contributed by atoms with van der Waals surface area (Å²) in [5.74, 6) is 1.99.